The first kappa shape index (κ1) is 14.1. The fourth-order valence-corrected chi connectivity index (χ4v) is 1.49. The molecule has 0 saturated carbocycles. The van der Waals surface area contributed by atoms with Gasteiger partial charge in [0.05, 0.1) is 0 Å². The highest BCUT2D eigenvalue weighted by Gasteiger charge is 2.15. The van der Waals surface area contributed by atoms with Gasteiger partial charge in [-0.1, -0.05) is 24.3 Å². The minimum atomic E-state index is -2.41. The van der Waals surface area contributed by atoms with Gasteiger partial charge in [0.25, 0.3) is 6.43 Å². The SMILES string of the molecule is CC(C)(CCO)NCc1ccc(C(F)F)cc1. The van der Waals surface area contributed by atoms with Gasteiger partial charge in [0.1, 0.15) is 0 Å². The molecule has 0 saturated heterocycles. The molecule has 4 heteroatoms. The van der Waals surface area contributed by atoms with Crippen LogP contribution in [-0.4, -0.2) is 17.3 Å². The van der Waals surface area contributed by atoms with Gasteiger partial charge in [-0.2, -0.15) is 0 Å². The predicted octanol–water partition coefficient (Wildman–Crippen LogP) is 2.87. The Balaban J connectivity index is 2.52. The van der Waals surface area contributed by atoms with Crippen molar-refractivity contribution in [3.8, 4) is 0 Å². The molecule has 0 heterocycles. The van der Waals surface area contributed by atoms with E-state index in [1.807, 2.05) is 13.8 Å². The van der Waals surface area contributed by atoms with Crippen LogP contribution in [0.4, 0.5) is 8.78 Å². The average molecular weight is 243 g/mol. The molecule has 0 fully saturated rings. The number of benzene rings is 1. The summed E-state index contributed by atoms with van der Waals surface area (Å²) in [5.41, 5.74) is 0.847. The number of aliphatic hydroxyl groups is 1. The molecule has 0 bridgehead atoms. The highest BCUT2D eigenvalue weighted by molar-refractivity contribution is 5.23. The highest BCUT2D eigenvalue weighted by Crippen LogP contribution is 2.19. The smallest absolute Gasteiger partial charge is 0.263 e. The lowest BCUT2D eigenvalue weighted by atomic mass is 10.0. The normalized spacial score (nSPS) is 12.1. The third-order valence-electron chi connectivity index (χ3n) is 2.74. The molecule has 0 aliphatic rings. The first-order valence-corrected chi connectivity index (χ1v) is 5.67. The number of nitrogens with one attached hydrogen (secondary N) is 1. The maximum atomic E-state index is 12.3. The molecule has 1 aromatic rings. The van der Waals surface area contributed by atoms with Crippen molar-refractivity contribution >= 4 is 0 Å². The van der Waals surface area contributed by atoms with E-state index in [0.29, 0.717) is 13.0 Å². The Labute approximate surface area is 101 Å². The van der Waals surface area contributed by atoms with Gasteiger partial charge in [-0.25, -0.2) is 8.78 Å². The summed E-state index contributed by atoms with van der Waals surface area (Å²) in [6.07, 6.45) is -1.76. The molecule has 1 aromatic carbocycles. The molecular weight excluding hydrogens is 224 g/mol. The van der Waals surface area contributed by atoms with Crippen LogP contribution in [-0.2, 0) is 6.54 Å². The first-order valence-electron chi connectivity index (χ1n) is 5.67. The van der Waals surface area contributed by atoms with Gasteiger partial charge in [0.2, 0.25) is 0 Å². The van der Waals surface area contributed by atoms with Crippen molar-refractivity contribution in [3.63, 3.8) is 0 Å². The Bertz CT molecular complexity index is 336. The van der Waals surface area contributed by atoms with Gasteiger partial charge < -0.3 is 10.4 Å². The van der Waals surface area contributed by atoms with Crippen LogP contribution < -0.4 is 5.32 Å². The summed E-state index contributed by atoms with van der Waals surface area (Å²) in [7, 11) is 0. The van der Waals surface area contributed by atoms with Crippen molar-refractivity contribution < 1.29 is 13.9 Å². The molecular formula is C13H19F2NO. The highest BCUT2D eigenvalue weighted by atomic mass is 19.3. The predicted molar refractivity (Wildman–Crippen MR) is 64.0 cm³/mol. The number of aliphatic hydroxyl groups excluding tert-OH is 1. The van der Waals surface area contributed by atoms with Crippen LogP contribution in [0.2, 0.25) is 0 Å². The number of hydrogen-bond donors (Lipinski definition) is 2. The van der Waals surface area contributed by atoms with E-state index >= 15 is 0 Å². The van der Waals surface area contributed by atoms with E-state index in [0.717, 1.165) is 5.56 Å². The Morgan fingerprint density at radius 1 is 1.24 bits per heavy atom. The van der Waals surface area contributed by atoms with Crippen molar-refractivity contribution in [2.24, 2.45) is 0 Å². The Kier molecular flexibility index (Phi) is 5.02. The van der Waals surface area contributed by atoms with Gasteiger partial charge in [-0.05, 0) is 25.8 Å². The van der Waals surface area contributed by atoms with Crippen LogP contribution in [0.15, 0.2) is 24.3 Å². The summed E-state index contributed by atoms with van der Waals surface area (Å²) in [5, 5.41) is 12.2. The lowest BCUT2D eigenvalue weighted by Gasteiger charge is -2.25. The molecule has 2 N–H and O–H groups in total. The second kappa shape index (κ2) is 6.07. The molecule has 0 aromatic heterocycles. The minimum absolute atomic E-state index is 0.0448. The van der Waals surface area contributed by atoms with Crippen LogP contribution in [0.5, 0.6) is 0 Å². The summed E-state index contributed by atoms with van der Waals surface area (Å²) in [6.45, 7) is 4.73. The van der Waals surface area contributed by atoms with E-state index in [9.17, 15) is 8.78 Å². The lowest BCUT2D eigenvalue weighted by Crippen LogP contribution is -2.39. The van der Waals surface area contributed by atoms with E-state index in [1.165, 1.54) is 12.1 Å². The molecule has 0 spiro atoms. The van der Waals surface area contributed by atoms with E-state index in [4.69, 9.17) is 5.11 Å². The lowest BCUT2D eigenvalue weighted by molar-refractivity contribution is 0.151. The zero-order chi connectivity index (χ0) is 12.9. The molecule has 96 valence electrons. The molecule has 0 aliphatic carbocycles. The van der Waals surface area contributed by atoms with Crippen LogP contribution in [0.25, 0.3) is 0 Å². The first-order chi connectivity index (χ1) is 7.94. The molecule has 0 radical (unpaired) electrons. The van der Waals surface area contributed by atoms with Crippen molar-refractivity contribution in [2.75, 3.05) is 6.61 Å². The average Bonchev–Trinajstić information content (AvgIpc) is 2.27. The molecule has 0 atom stereocenters. The van der Waals surface area contributed by atoms with Crippen molar-refractivity contribution in [1.82, 2.24) is 5.32 Å². The topological polar surface area (TPSA) is 32.3 Å². The van der Waals surface area contributed by atoms with E-state index < -0.39 is 6.43 Å². The van der Waals surface area contributed by atoms with E-state index in [-0.39, 0.29) is 17.7 Å². The van der Waals surface area contributed by atoms with Crippen molar-refractivity contribution in [1.29, 1.82) is 0 Å². The largest absolute Gasteiger partial charge is 0.396 e. The maximum Gasteiger partial charge on any atom is 0.263 e. The molecule has 0 unspecified atom stereocenters. The summed E-state index contributed by atoms with van der Waals surface area (Å²) >= 11 is 0. The number of hydrogen-bond acceptors (Lipinski definition) is 2. The Morgan fingerprint density at radius 3 is 2.29 bits per heavy atom. The van der Waals surface area contributed by atoms with Gasteiger partial charge in [0, 0.05) is 24.3 Å². The summed E-state index contributed by atoms with van der Waals surface area (Å²) < 4.78 is 24.7. The third kappa shape index (κ3) is 4.79. The molecule has 17 heavy (non-hydrogen) atoms. The zero-order valence-corrected chi connectivity index (χ0v) is 10.2. The molecule has 2 nitrogen and oxygen atoms in total. The molecule has 0 aliphatic heterocycles. The monoisotopic (exact) mass is 243 g/mol. The van der Waals surface area contributed by atoms with E-state index in [1.54, 1.807) is 12.1 Å². The summed E-state index contributed by atoms with van der Waals surface area (Å²) in [6, 6.07) is 6.29. The van der Waals surface area contributed by atoms with Crippen LogP contribution in [0.1, 0.15) is 37.8 Å². The number of rotatable bonds is 6. The van der Waals surface area contributed by atoms with Crippen molar-refractivity contribution in [3.05, 3.63) is 35.4 Å². The Morgan fingerprint density at radius 2 is 1.82 bits per heavy atom. The zero-order valence-electron chi connectivity index (χ0n) is 10.2. The quantitative estimate of drug-likeness (QED) is 0.805. The van der Waals surface area contributed by atoms with E-state index in [2.05, 4.69) is 5.32 Å². The minimum Gasteiger partial charge on any atom is -0.396 e. The second-order valence-electron chi connectivity index (χ2n) is 4.75. The van der Waals surface area contributed by atoms with Crippen LogP contribution in [0, 0.1) is 0 Å². The number of alkyl halides is 2. The fraction of sp³-hybridized carbons (Fsp3) is 0.538. The molecule has 0 amide bonds. The third-order valence-corrected chi connectivity index (χ3v) is 2.74. The van der Waals surface area contributed by atoms with Crippen LogP contribution in [0.3, 0.4) is 0 Å². The van der Waals surface area contributed by atoms with Crippen molar-refractivity contribution in [2.45, 2.75) is 38.8 Å². The second-order valence-corrected chi connectivity index (χ2v) is 4.75. The fourth-order valence-electron chi connectivity index (χ4n) is 1.49. The van der Waals surface area contributed by atoms with Gasteiger partial charge in [-0.3, -0.25) is 0 Å². The van der Waals surface area contributed by atoms with Crippen LogP contribution >= 0.6 is 0 Å². The Hall–Kier alpha value is -1.00. The van der Waals surface area contributed by atoms with Gasteiger partial charge in [0.15, 0.2) is 0 Å². The summed E-state index contributed by atoms with van der Waals surface area (Å²) in [5.74, 6) is 0. The molecule has 1 rings (SSSR count). The van der Waals surface area contributed by atoms with Gasteiger partial charge in [-0.15, -0.1) is 0 Å². The summed E-state index contributed by atoms with van der Waals surface area (Å²) in [4.78, 5) is 0. The maximum absolute atomic E-state index is 12.3. The number of halogens is 2. The standard InChI is InChI=1S/C13H19F2NO/c1-13(2,7-8-17)16-9-10-3-5-11(6-4-10)12(14)15/h3-6,12,16-17H,7-9H2,1-2H3. The van der Waals surface area contributed by atoms with Gasteiger partial charge >= 0.3 is 0 Å².